The molecule has 1 heterocycles. The van der Waals surface area contributed by atoms with Gasteiger partial charge in [0.15, 0.2) is 0 Å². The van der Waals surface area contributed by atoms with Gasteiger partial charge in [0.1, 0.15) is 5.78 Å². The van der Waals surface area contributed by atoms with Crippen LogP contribution in [-0.4, -0.2) is 44.4 Å². The monoisotopic (exact) mass is 276 g/mol. The zero-order chi connectivity index (χ0) is 13.8. The van der Waals surface area contributed by atoms with Crippen molar-refractivity contribution >= 4 is 15.8 Å². The molecule has 0 aromatic rings. The molecule has 5 nitrogen and oxygen atoms in total. The average molecular weight is 276 g/mol. The summed E-state index contributed by atoms with van der Waals surface area (Å²) in [5.41, 5.74) is 5.56. The summed E-state index contributed by atoms with van der Waals surface area (Å²) in [5, 5.41) is 0. The Morgan fingerprint density at radius 3 is 2.67 bits per heavy atom. The third kappa shape index (κ3) is 4.33. The van der Waals surface area contributed by atoms with Gasteiger partial charge in [-0.15, -0.1) is 0 Å². The lowest BCUT2D eigenvalue weighted by Crippen LogP contribution is -2.40. The van der Waals surface area contributed by atoms with Gasteiger partial charge in [0, 0.05) is 32.0 Å². The molecular formula is C12H24N2O3S. The molecule has 1 fully saturated rings. The second-order valence-electron chi connectivity index (χ2n) is 5.14. The van der Waals surface area contributed by atoms with Crippen LogP contribution in [0.15, 0.2) is 0 Å². The molecule has 6 heteroatoms. The van der Waals surface area contributed by atoms with E-state index in [1.807, 2.05) is 6.92 Å². The Labute approximate surface area is 110 Å². The van der Waals surface area contributed by atoms with E-state index >= 15 is 0 Å². The maximum absolute atomic E-state index is 12.0. The summed E-state index contributed by atoms with van der Waals surface area (Å²) in [4.78, 5) is 12.0. The average Bonchev–Trinajstić information content (AvgIpc) is 2.29. The summed E-state index contributed by atoms with van der Waals surface area (Å²) in [5.74, 6) is 0.264. The zero-order valence-electron chi connectivity index (χ0n) is 11.3. The maximum atomic E-state index is 12.0. The van der Waals surface area contributed by atoms with Crippen molar-refractivity contribution < 1.29 is 13.2 Å². The standard InChI is InChI=1S/C12H24N2O3S/c1-3-11(8-13)12(15)7-10-5-4-6-14(9-10)18(2,16)17/h10-11H,3-9,13H2,1-2H3. The number of sulfonamides is 1. The second-order valence-corrected chi connectivity index (χ2v) is 7.12. The molecule has 0 amide bonds. The molecule has 2 N–H and O–H groups in total. The van der Waals surface area contributed by atoms with Crippen LogP contribution in [0.3, 0.4) is 0 Å². The lowest BCUT2D eigenvalue weighted by atomic mass is 9.88. The van der Waals surface area contributed by atoms with Gasteiger partial charge in [0.25, 0.3) is 0 Å². The predicted octanol–water partition coefficient (Wildman–Crippen LogP) is 0.602. The minimum absolute atomic E-state index is 0.0707. The van der Waals surface area contributed by atoms with Crippen LogP contribution in [0.5, 0.6) is 0 Å². The lowest BCUT2D eigenvalue weighted by Gasteiger charge is -2.31. The fourth-order valence-corrected chi connectivity index (χ4v) is 3.41. The molecule has 2 atom stereocenters. The van der Waals surface area contributed by atoms with Crippen molar-refractivity contribution in [1.29, 1.82) is 0 Å². The minimum Gasteiger partial charge on any atom is -0.330 e. The van der Waals surface area contributed by atoms with Gasteiger partial charge < -0.3 is 5.73 Å². The third-order valence-corrected chi connectivity index (χ3v) is 4.94. The van der Waals surface area contributed by atoms with Crippen molar-refractivity contribution in [3.8, 4) is 0 Å². The number of nitrogens with two attached hydrogens (primary N) is 1. The Bertz CT molecular complexity index is 377. The molecule has 0 saturated carbocycles. The number of nitrogens with zero attached hydrogens (tertiary/aromatic N) is 1. The van der Waals surface area contributed by atoms with Crippen molar-refractivity contribution in [2.75, 3.05) is 25.9 Å². The molecule has 18 heavy (non-hydrogen) atoms. The number of piperidine rings is 1. The molecule has 1 saturated heterocycles. The Hall–Kier alpha value is -0.460. The SMILES string of the molecule is CCC(CN)C(=O)CC1CCCN(S(C)(=O)=O)C1. The first-order valence-electron chi connectivity index (χ1n) is 6.56. The highest BCUT2D eigenvalue weighted by Crippen LogP contribution is 2.23. The highest BCUT2D eigenvalue weighted by molar-refractivity contribution is 7.88. The number of ketones is 1. The largest absolute Gasteiger partial charge is 0.330 e. The highest BCUT2D eigenvalue weighted by atomic mass is 32.2. The van der Waals surface area contributed by atoms with Gasteiger partial charge in [0.05, 0.1) is 6.26 Å². The number of hydrogen-bond donors (Lipinski definition) is 1. The van der Waals surface area contributed by atoms with Crippen LogP contribution >= 0.6 is 0 Å². The topological polar surface area (TPSA) is 80.5 Å². The first-order chi connectivity index (χ1) is 8.38. The quantitative estimate of drug-likeness (QED) is 0.770. The normalized spacial score (nSPS) is 23.8. The fraction of sp³-hybridized carbons (Fsp3) is 0.917. The molecule has 0 aromatic carbocycles. The predicted molar refractivity (Wildman–Crippen MR) is 71.6 cm³/mol. The fourth-order valence-electron chi connectivity index (χ4n) is 2.47. The first-order valence-corrected chi connectivity index (χ1v) is 8.41. The van der Waals surface area contributed by atoms with Crippen LogP contribution < -0.4 is 5.73 Å². The van der Waals surface area contributed by atoms with Gasteiger partial charge in [-0.3, -0.25) is 4.79 Å². The van der Waals surface area contributed by atoms with Gasteiger partial charge in [-0.05, 0) is 25.2 Å². The molecule has 2 unspecified atom stereocenters. The molecule has 0 aromatic heterocycles. The molecule has 106 valence electrons. The van der Waals surface area contributed by atoms with E-state index in [-0.39, 0.29) is 17.6 Å². The Morgan fingerprint density at radius 2 is 2.17 bits per heavy atom. The van der Waals surface area contributed by atoms with Gasteiger partial charge in [-0.25, -0.2) is 12.7 Å². The van der Waals surface area contributed by atoms with E-state index in [1.54, 1.807) is 0 Å². The van der Waals surface area contributed by atoms with Crippen LogP contribution in [0.4, 0.5) is 0 Å². The highest BCUT2D eigenvalue weighted by Gasteiger charge is 2.28. The van der Waals surface area contributed by atoms with Crippen LogP contribution in [0.2, 0.25) is 0 Å². The van der Waals surface area contributed by atoms with E-state index in [0.717, 1.165) is 19.3 Å². The summed E-state index contributed by atoms with van der Waals surface area (Å²) < 4.78 is 24.5. The Kier molecular flexibility index (Phi) is 5.75. The number of carbonyl (C=O) groups is 1. The van der Waals surface area contributed by atoms with E-state index < -0.39 is 10.0 Å². The van der Waals surface area contributed by atoms with Crippen molar-refractivity contribution in [2.24, 2.45) is 17.6 Å². The van der Waals surface area contributed by atoms with Gasteiger partial charge in [0.2, 0.25) is 10.0 Å². The zero-order valence-corrected chi connectivity index (χ0v) is 12.1. The van der Waals surface area contributed by atoms with Crippen molar-refractivity contribution in [3.05, 3.63) is 0 Å². The summed E-state index contributed by atoms with van der Waals surface area (Å²) in [7, 11) is -3.13. The maximum Gasteiger partial charge on any atom is 0.211 e. The van der Waals surface area contributed by atoms with Crippen LogP contribution in [-0.2, 0) is 14.8 Å². The number of rotatable bonds is 6. The molecule has 0 radical (unpaired) electrons. The molecule has 0 aliphatic carbocycles. The van der Waals surface area contributed by atoms with Gasteiger partial charge in [-0.1, -0.05) is 6.92 Å². The Morgan fingerprint density at radius 1 is 1.50 bits per heavy atom. The van der Waals surface area contributed by atoms with Crippen LogP contribution in [0.1, 0.15) is 32.6 Å². The smallest absolute Gasteiger partial charge is 0.211 e. The van der Waals surface area contributed by atoms with Crippen molar-refractivity contribution in [1.82, 2.24) is 4.31 Å². The molecular weight excluding hydrogens is 252 g/mol. The molecule has 1 rings (SSSR count). The van der Waals surface area contributed by atoms with Gasteiger partial charge in [-0.2, -0.15) is 0 Å². The Balaban J connectivity index is 2.55. The summed E-state index contributed by atoms with van der Waals surface area (Å²) >= 11 is 0. The lowest BCUT2D eigenvalue weighted by molar-refractivity contribution is -0.123. The summed E-state index contributed by atoms with van der Waals surface area (Å²) in [6.45, 7) is 3.40. The minimum atomic E-state index is -3.13. The summed E-state index contributed by atoms with van der Waals surface area (Å²) in [6, 6.07) is 0. The van der Waals surface area contributed by atoms with Crippen molar-refractivity contribution in [3.63, 3.8) is 0 Å². The molecule has 0 bridgehead atoms. The van der Waals surface area contributed by atoms with Crippen LogP contribution in [0, 0.1) is 11.8 Å². The second kappa shape index (κ2) is 6.63. The van der Waals surface area contributed by atoms with E-state index in [2.05, 4.69) is 0 Å². The number of hydrogen-bond acceptors (Lipinski definition) is 4. The van der Waals surface area contributed by atoms with Crippen molar-refractivity contribution in [2.45, 2.75) is 32.6 Å². The summed E-state index contributed by atoms with van der Waals surface area (Å²) in [6.07, 6.45) is 4.22. The molecule has 1 aliphatic heterocycles. The van der Waals surface area contributed by atoms with E-state index in [4.69, 9.17) is 5.73 Å². The van der Waals surface area contributed by atoms with Crippen LogP contribution in [0.25, 0.3) is 0 Å². The van der Waals surface area contributed by atoms with E-state index in [1.165, 1.54) is 10.6 Å². The molecule has 1 aliphatic rings. The number of carbonyl (C=O) groups excluding carboxylic acids is 1. The van der Waals surface area contributed by atoms with E-state index in [9.17, 15) is 13.2 Å². The molecule has 0 spiro atoms. The third-order valence-electron chi connectivity index (χ3n) is 3.67. The number of Topliss-reactive ketones (excluding diaryl/α,β-unsaturated/α-hetero) is 1. The van der Waals surface area contributed by atoms with Gasteiger partial charge >= 0.3 is 0 Å². The first kappa shape index (κ1) is 15.6. The van der Waals surface area contributed by atoms with E-state index in [0.29, 0.717) is 26.1 Å².